The molecule has 1 unspecified atom stereocenters. The number of nitrogens with one attached hydrogen (secondary N) is 2. The first-order valence-corrected chi connectivity index (χ1v) is 20.1. The van der Waals surface area contributed by atoms with Crippen molar-refractivity contribution in [3.63, 3.8) is 0 Å². The first-order valence-electron chi connectivity index (χ1n) is 17.4. The summed E-state index contributed by atoms with van der Waals surface area (Å²) in [5.41, 5.74) is 1.25. The van der Waals surface area contributed by atoms with Crippen LogP contribution in [0.25, 0.3) is 0 Å². The van der Waals surface area contributed by atoms with Crippen LogP contribution in [0.5, 0.6) is 5.75 Å². The molecular weight excluding hydrogens is 703 g/mol. The molecule has 0 heterocycles. The summed E-state index contributed by atoms with van der Waals surface area (Å²) in [4.78, 5) is 25.9. The average molecular weight is 752 g/mol. The Morgan fingerprint density at radius 1 is 0.673 bits per heavy atom. The van der Waals surface area contributed by atoms with Gasteiger partial charge in [-0.05, 0) is 61.2 Å². The first-order chi connectivity index (χ1) is 23.5. The van der Waals surface area contributed by atoms with E-state index in [1.165, 1.54) is 94.9 Å². The van der Waals surface area contributed by atoms with Gasteiger partial charge in [-0.15, -0.1) is 0 Å². The Bertz CT molecular complexity index is 1630. The van der Waals surface area contributed by atoms with Gasteiger partial charge in [-0.3, -0.25) is 9.59 Å². The fourth-order valence-electron chi connectivity index (χ4n) is 5.71. The van der Waals surface area contributed by atoms with Crippen molar-refractivity contribution in [2.75, 3.05) is 10.6 Å². The van der Waals surface area contributed by atoms with Gasteiger partial charge in [-0.1, -0.05) is 138 Å². The number of benzene rings is 3. The minimum absolute atomic E-state index is 0.00138. The van der Waals surface area contributed by atoms with Crippen molar-refractivity contribution in [3.8, 4) is 5.75 Å². The molecule has 0 saturated heterocycles. The molecule has 3 aromatic rings. The Morgan fingerprint density at radius 2 is 1.24 bits per heavy atom. The summed E-state index contributed by atoms with van der Waals surface area (Å²) in [6, 6.07) is 13.5. The summed E-state index contributed by atoms with van der Waals surface area (Å²) in [7, 11) is -4.01. The van der Waals surface area contributed by atoms with Crippen LogP contribution >= 0.6 is 34.8 Å². The number of aromatic hydroxyl groups is 1. The molecule has 0 spiro atoms. The van der Waals surface area contributed by atoms with Crippen LogP contribution in [-0.2, 0) is 21.1 Å². The maximum atomic E-state index is 13.5. The maximum absolute atomic E-state index is 13.5. The number of hydrogen-bond donors (Lipinski definition) is 3. The van der Waals surface area contributed by atoms with Gasteiger partial charge in [-0.25, -0.2) is 8.42 Å². The molecule has 0 radical (unpaired) electrons. The molecule has 1 atom stereocenters. The number of anilines is 2. The highest BCUT2D eigenvalue weighted by atomic mass is 35.5. The van der Waals surface area contributed by atoms with Crippen LogP contribution in [0.1, 0.15) is 120 Å². The number of phenolic OH excluding ortho intramolecular Hbond substituents is 1. The van der Waals surface area contributed by atoms with E-state index in [9.17, 15) is 23.1 Å². The van der Waals surface area contributed by atoms with E-state index in [0.717, 1.165) is 30.9 Å². The number of phenols is 1. The molecule has 0 aliphatic heterocycles. The van der Waals surface area contributed by atoms with Gasteiger partial charge >= 0.3 is 0 Å². The van der Waals surface area contributed by atoms with Crippen molar-refractivity contribution in [2.24, 2.45) is 0 Å². The molecule has 3 rings (SSSR count). The van der Waals surface area contributed by atoms with Gasteiger partial charge in [0, 0.05) is 11.6 Å². The van der Waals surface area contributed by atoms with Gasteiger partial charge in [0.25, 0.3) is 5.91 Å². The second-order valence-electron chi connectivity index (χ2n) is 12.5. The molecule has 3 aromatic carbocycles. The molecule has 7 nitrogen and oxygen atoms in total. The summed E-state index contributed by atoms with van der Waals surface area (Å²) in [6.45, 7) is 3.87. The van der Waals surface area contributed by atoms with Gasteiger partial charge in [-0.2, -0.15) is 0 Å². The topological polar surface area (TPSA) is 113 Å². The van der Waals surface area contributed by atoms with Crippen LogP contribution in [-0.4, -0.2) is 30.6 Å². The number of sulfone groups is 1. The molecule has 2 amide bonds. The lowest BCUT2D eigenvalue weighted by Crippen LogP contribution is -2.34. The van der Waals surface area contributed by atoms with E-state index in [0.29, 0.717) is 0 Å². The van der Waals surface area contributed by atoms with Crippen LogP contribution in [0.4, 0.5) is 11.4 Å². The monoisotopic (exact) mass is 750 g/mol. The minimum Gasteiger partial charge on any atom is -0.506 e. The number of hydrogen-bond acceptors (Lipinski definition) is 5. The lowest BCUT2D eigenvalue weighted by atomic mass is 10.0. The van der Waals surface area contributed by atoms with Gasteiger partial charge < -0.3 is 15.7 Å². The highest BCUT2D eigenvalue weighted by molar-refractivity contribution is 7.92. The predicted molar refractivity (Wildman–Crippen MR) is 203 cm³/mol. The average Bonchev–Trinajstić information content (AvgIpc) is 3.07. The molecule has 0 saturated carbocycles. The molecule has 0 aliphatic carbocycles. The molecule has 49 heavy (non-hydrogen) atoms. The summed E-state index contributed by atoms with van der Waals surface area (Å²) in [5, 5.41) is 14.7. The normalized spacial score (nSPS) is 12.1. The molecule has 0 aliphatic rings. The Kier molecular flexibility index (Phi) is 17.2. The van der Waals surface area contributed by atoms with E-state index in [1.807, 2.05) is 12.1 Å². The van der Waals surface area contributed by atoms with E-state index in [4.69, 9.17) is 34.8 Å². The van der Waals surface area contributed by atoms with Gasteiger partial charge in [0.05, 0.1) is 31.3 Å². The number of unbranched alkanes of at least 4 members (excludes halogenated alkanes) is 12. The van der Waals surface area contributed by atoms with Gasteiger partial charge in [0.1, 0.15) is 11.0 Å². The maximum Gasteiger partial charge on any atom is 0.255 e. The van der Waals surface area contributed by atoms with E-state index < -0.39 is 26.9 Å². The molecular formula is C38H49Cl3N2O5S. The first kappa shape index (κ1) is 40.6. The number of carbonyl (C=O) groups excluding carboxylic acids is 2. The van der Waals surface area contributed by atoms with Crippen molar-refractivity contribution in [2.45, 2.75) is 120 Å². The van der Waals surface area contributed by atoms with Crippen LogP contribution in [0.3, 0.4) is 0 Å². The summed E-state index contributed by atoms with van der Waals surface area (Å²) >= 11 is 18.3. The third-order valence-electron chi connectivity index (χ3n) is 8.63. The lowest BCUT2D eigenvalue weighted by Gasteiger charge is -2.18. The zero-order valence-electron chi connectivity index (χ0n) is 28.5. The Hall–Kier alpha value is -2.78. The molecule has 268 valence electrons. The lowest BCUT2D eigenvalue weighted by molar-refractivity contribution is -0.115. The van der Waals surface area contributed by atoms with E-state index >= 15 is 0 Å². The van der Waals surface area contributed by atoms with Crippen molar-refractivity contribution in [1.82, 2.24) is 0 Å². The van der Waals surface area contributed by atoms with Gasteiger partial charge in [0.2, 0.25) is 5.91 Å². The molecule has 0 fully saturated rings. The van der Waals surface area contributed by atoms with Crippen LogP contribution in [0, 0.1) is 0 Å². The van der Waals surface area contributed by atoms with Crippen LogP contribution < -0.4 is 10.6 Å². The number of aryl methyl sites for hydroxylation is 1. The number of amides is 2. The summed E-state index contributed by atoms with van der Waals surface area (Å²) in [5.74, 6) is -1.75. The number of carbonyl (C=O) groups is 2. The molecule has 0 aromatic heterocycles. The van der Waals surface area contributed by atoms with Gasteiger partial charge in [0.15, 0.2) is 9.84 Å². The molecule has 11 heteroatoms. The van der Waals surface area contributed by atoms with Crippen molar-refractivity contribution >= 4 is 67.8 Å². The third-order valence-corrected chi connectivity index (χ3v) is 11.9. The zero-order valence-corrected chi connectivity index (χ0v) is 31.6. The number of halogens is 3. The summed E-state index contributed by atoms with van der Waals surface area (Å²) in [6.07, 6.45) is 17.7. The Labute approximate surface area is 307 Å². The fraction of sp³-hybridized carbons (Fsp3) is 0.474. The second kappa shape index (κ2) is 20.8. The SMILES string of the molecule is CCCCCCCCCCCCCCCc1ccc(S(=O)(=O)C(CC)C(=O)Nc2cc(O)c(NC(=O)c3ccc(Cl)c(Cl)c3)cc2Cl)cc1. The standard InChI is InChI=1S/C38H49Cl3N2O5S/c1-3-5-6-7-8-9-10-11-12-13-14-15-16-17-27-18-21-29(22-19-27)49(47,48)36(4-2)38(46)42-33-26-35(44)34(25-32(33)41)43-37(45)28-20-23-30(39)31(40)24-28/h18-26,36,44H,3-17H2,1-2H3,(H,42,46)(H,43,45). The van der Waals surface area contributed by atoms with Crippen molar-refractivity contribution < 1.29 is 23.1 Å². The zero-order chi connectivity index (χ0) is 35.8. The highest BCUT2D eigenvalue weighted by Gasteiger charge is 2.33. The van der Waals surface area contributed by atoms with E-state index in [1.54, 1.807) is 19.1 Å². The summed E-state index contributed by atoms with van der Waals surface area (Å²) < 4.78 is 27.0. The van der Waals surface area contributed by atoms with E-state index in [-0.39, 0.29) is 49.1 Å². The van der Waals surface area contributed by atoms with Crippen molar-refractivity contribution in [3.05, 3.63) is 80.8 Å². The van der Waals surface area contributed by atoms with Crippen LogP contribution in [0.15, 0.2) is 59.5 Å². The number of rotatable bonds is 21. The Balaban J connectivity index is 1.48. The minimum atomic E-state index is -4.01. The predicted octanol–water partition coefficient (Wildman–Crippen LogP) is 11.4. The quantitative estimate of drug-likeness (QED) is 0.0741. The largest absolute Gasteiger partial charge is 0.506 e. The fourth-order valence-corrected chi connectivity index (χ4v) is 7.84. The molecule has 3 N–H and O–H groups in total. The van der Waals surface area contributed by atoms with E-state index in [2.05, 4.69) is 17.6 Å². The second-order valence-corrected chi connectivity index (χ2v) is 15.9. The van der Waals surface area contributed by atoms with Crippen molar-refractivity contribution in [1.29, 1.82) is 0 Å². The third kappa shape index (κ3) is 12.8. The molecule has 0 bridgehead atoms. The highest BCUT2D eigenvalue weighted by Crippen LogP contribution is 2.35. The Morgan fingerprint density at radius 3 is 1.80 bits per heavy atom. The van der Waals surface area contributed by atoms with Crippen LogP contribution in [0.2, 0.25) is 15.1 Å². The smallest absolute Gasteiger partial charge is 0.255 e.